The highest BCUT2D eigenvalue weighted by molar-refractivity contribution is 5.96. The summed E-state index contributed by atoms with van der Waals surface area (Å²) >= 11 is 0. The van der Waals surface area contributed by atoms with Crippen molar-refractivity contribution in [1.29, 1.82) is 0 Å². The van der Waals surface area contributed by atoms with E-state index in [4.69, 9.17) is 4.74 Å². The largest absolute Gasteiger partial charge is 0.457 e. The molecule has 0 saturated heterocycles. The maximum Gasteiger partial charge on any atom is 0.271 e. The molecule has 0 saturated carbocycles. The number of carbonyl (C=O) groups excluding carboxylic acids is 2. The fourth-order valence-electron chi connectivity index (χ4n) is 2.42. The van der Waals surface area contributed by atoms with Crippen molar-refractivity contribution in [1.82, 2.24) is 5.43 Å². The molecule has 2 amide bonds. The van der Waals surface area contributed by atoms with Gasteiger partial charge in [0.05, 0.1) is 6.21 Å². The molecule has 3 aromatic carbocycles. The zero-order chi connectivity index (χ0) is 19.8. The molecule has 0 atom stereocenters. The molecule has 0 aliphatic rings. The second kappa shape index (κ2) is 9.14. The summed E-state index contributed by atoms with van der Waals surface area (Å²) in [6, 6.07) is 23.4. The van der Waals surface area contributed by atoms with Crippen LogP contribution in [0.4, 0.5) is 5.69 Å². The van der Waals surface area contributed by atoms with E-state index < -0.39 is 0 Å². The fraction of sp³-hybridized carbons (Fsp3) is 0.0455. The molecule has 0 bridgehead atoms. The number of para-hydroxylation sites is 1. The van der Waals surface area contributed by atoms with E-state index in [-0.39, 0.29) is 11.8 Å². The Morgan fingerprint density at radius 2 is 1.61 bits per heavy atom. The van der Waals surface area contributed by atoms with Crippen LogP contribution in [0.1, 0.15) is 22.8 Å². The Morgan fingerprint density at radius 3 is 2.32 bits per heavy atom. The minimum Gasteiger partial charge on any atom is -0.457 e. The van der Waals surface area contributed by atoms with Crippen LogP contribution in [0.15, 0.2) is 84.0 Å². The van der Waals surface area contributed by atoms with Crippen molar-refractivity contribution in [3.05, 3.63) is 90.0 Å². The highest BCUT2D eigenvalue weighted by Crippen LogP contribution is 2.21. The van der Waals surface area contributed by atoms with Gasteiger partial charge in [-0.1, -0.05) is 30.3 Å². The average molecular weight is 373 g/mol. The minimum absolute atomic E-state index is 0.166. The second-order valence-corrected chi connectivity index (χ2v) is 5.95. The highest BCUT2D eigenvalue weighted by Gasteiger charge is 2.04. The van der Waals surface area contributed by atoms with Crippen molar-refractivity contribution in [2.45, 2.75) is 6.92 Å². The molecule has 6 heteroatoms. The van der Waals surface area contributed by atoms with Gasteiger partial charge in [-0.3, -0.25) is 9.59 Å². The van der Waals surface area contributed by atoms with Crippen LogP contribution in [0.3, 0.4) is 0 Å². The maximum atomic E-state index is 12.1. The Bertz CT molecular complexity index is 983. The molecule has 3 rings (SSSR count). The first kappa shape index (κ1) is 18.8. The molecule has 0 aliphatic heterocycles. The fourth-order valence-corrected chi connectivity index (χ4v) is 2.42. The van der Waals surface area contributed by atoms with Crippen molar-refractivity contribution >= 4 is 23.7 Å². The molecule has 0 heterocycles. The lowest BCUT2D eigenvalue weighted by Gasteiger charge is -2.06. The SMILES string of the molecule is CC(=O)Nc1ccc(C(=O)N/N=C\c2cccc(Oc3ccccc3)c2)cc1. The smallest absolute Gasteiger partial charge is 0.271 e. The molecular formula is C22H19N3O3. The van der Waals surface area contributed by atoms with Gasteiger partial charge in [0.1, 0.15) is 11.5 Å². The summed E-state index contributed by atoms with van der Waals surface area (Å²) in [6.45, 7) is 1.43. The summed E-state index contributed by atoms with van der Waals surface area (Å²) in [6.07, 6.45) is 1.54. The van der Waals surface area contributed by atoms with E-state index in [1.165, 1.54) is 6.92 Å². The molecule has 28 heavy (non-hydrogen) atoms. The van der Waals surface area contributed by atoms with E-state index in [1.807, 2.05) is 54.6 Å². The third-order valence-corrected chi connectivity index (χ3v) is 3.68. The average Bonchev–Trinajstić information content (AvgIpc) is 2.69. The molecule has 140 valence electrons. The van der Waals surface area contributed by atoms with Crippen LogP contribution in [-0.2, 0) is 4.79 Å². The quantitative estimate of drug-likeness (QED) is 0.502. The summed E-state index contributed by atoms with van der Waals surface area (Å²) in [5.74, 6) is 0.908. The molecule has 0 aromatic heterocycles. The topological polar surface area (TPSA) is 79.8 Å². The van der Waals surface area contributed by atoms with Gasteiger partial charge in [-0.15, -0.1) is 0 Å². The van der Waals surface area contributed by atoms with Crippen molar-refractivity contribution in [3.8, 4) is 11.5 Å². The molecule has 0 unspecified atom stereocenters. The van der Waals surface area contributed by atoms with Gasteiger partial charge in [0.2, 0.25) is 5.91 Å². The predicted octanol–water partition coefficient (Wildman–Crippen LogP) is 4.20. The zero-order valence-corrected chi connectivity index (χ0v) is 15.3. The highest BCUT2D eigenvalue weighted by atomic mass is 16.5. The van der Waals surface area contributed by atoms with E-state index in [1.54, 1.807) is 30.5 Å². The Kier molecular flexibility index (Phi) is 6.15. The van der Waals surface area contributed by atoms with Crippen LogP contribution in [0, 0.1) is 0 Å². The van der Waals surface area contributed by atoms with Crippen LogP contribution in [0.2, 0.25) is 0 Å². The number of ether oxygens (including phenoxy) is 1. The number of nitrogens with one attached hydrogen (secondary N) is 2. The zero-order valence-electron chi connectivity index (χ0n) is 15.3. The van der Waals surface area contributed by atoms with Gasteiger partial charge in [-0.05, 0) is 54.1 Å². The summed E-state index contributed by atoms with van der Waals surface area (Å²) in [7, 11) is 0. The molecule has 6 nitrogen and oxygen atoms in total. The standard InChI is InChI=1S/C22H19N3O3/c1-16(26)24-19-12-10-18(11-13-19)22(27)25-23-15-17-6-5-9-21(14-17)28-20-7-3-2-4-8-20/h2-15H,1H3,(H,24,26)(H,25,27)/b23-15-. The van der Waals surface area contributed by atoms with Gasteiger partial charge in [-0.2, -0.15) is 5.10 Å². The van der Waals surface area contributed by atoms with Crippen LogP contribution in [0.5, 0.6) is 11.5 Å². The van der Waals surface area contributed by atoms with Gasteiger partial charge >= 0.3 is 0 Å². The third kappa shape index (κ3) is 5.54. The molecule has 0 spiro atoms. The lowest BCUT2D eigenvalue weighted by Crippen LogP contribution is -2.17. The van der Waals surface area contributed by atoms with Gasteiger partial charge in [-0.25, -0.2) is 5.43 Å². The van der Waals surface area contributed by atoms with Crippen LogP contribution in [-0.4, -0.2) is 18.0 Å². The van der Waals surface area contributed by atoms with Gasteiger partial charge in [0.15, 0.2) is 0 Å². The Balaban J connectivity index is 1.59. The number of amides is 2. The summed E-state index contributed by atoms with van der Waals surface area (Å²) in [4.78, 5) is 23.2. The van der Waals surface area contributed by atoms with Crippen LogP contribution < -0.4 is 15.5 Å². The number of nitrogens with zero attached hydrogens (tertiary/aromatic N) is 1. The normalized spacial score (nSPS) is 10.5. The van der Waals surface area contributed by atoms with E-state index in [2.05, 4.69) is 15.8 Å². The number of benzene rings is 3. The monoisotopic (exact) mass is 373 g/mol. The van der Waals surface area contributed by atoms with E-state index in [0.29, 0.717) is 17.0 Å². The van der Waals surface area contributed by atoms with Gasteiger partial charge in [0, 0.05) is 18.2 Å². The molecular weight excluding hydrogens is 354 g/mol. The van der Waals surface area contributed by atoms with Crippen molar-refractivity contribution in [2.75, 3.05) is 5.32 Å². The Labute approximate surface area is 162 Å². The Hall–Kier alpha value is -3.93. The van der Waals surface area contributed by atoms with E-state index in [0.717, 1.165) is 11.3 Å². The molecule has 0 fully saturated rings. The van der Waals surface area contributed by atoms with E-state index >= 15 is 0 Å². The first-order valence-corrected chi connectivity index (χ1v) is 8.64. The summed E-state index contributed by atoms with van der Waals surface area (Å²) in [5.41, 5.74) is 4.33. The maximum absolute atomic E-state index is 12.1. The number of hydrogen-bond acceptors (Lipinski definition) is 4. The molecule has 2 N–H and O–H groups in total. The molecule has 0 radical (unpaired) electrons. The third-order valence-electron chi connectivity index (χ3n) is 3.68. The number of anilines is 1. The van der Waals surface area contributed by atoms with Gasteiger partial charge in [0.25, 0.3) is 5.91 Å². The number of hydrazone groups is 1. The van der Waals surface area contributed by atoms with Crippen molar-refractivity contribution in [2.24, 2.45) is 5.10 Å². The van der Waals surface area contributed by atoms with Crippen LogP contribution in [0.25, 0.3) is 0 Å². The Morgan fingerprint density at radius 1 is 0.893 bits per heavy atom. The molecule has 0 aliphatic carbocycles. The second-order valence-electron chi connectivity index (χ2n) is 5.95. The summed E-state index contributed by atoms with van der Waals surface area (Å²) < 4.78 is 5.78. The first-order chi connectivity index (χ1) is 13.6. The van der Waals surface area contributed by atoms with Crippen LogP contribution >= 0.6 is 0 Å². The van der Waals surface area contributed by atoms with E-state index in [9.17, 15) is 9.59 Å². The van der Waals surface area contributed by atoms with Crippen molar-refractivity contribution in [3.63, 3.8) is 0 Å². The predicted molar refractivity (Wildman–Crippen MR) is 109 cm³/mol. The first-order valence-electron chi connectivity index (χ1n) is 8.64. The number of carbonyl (C=O) groups is 2. The summed E-state index contributed by atoms with van der Waals surface area (Å²) in [5, 5.41) is 6.63. The lowest BCUT2D eigenvalue weighted by atomic mass is 10.2. The number of rotatable bonds is 6. The minimum atomic E-state index is -0.345. The lowest BCUT2D eigenvalue weighted by molar-refractivity contribution is -0.114. The van der Waals surface area contributed by atoms with Gasteiger partial charge < -0.3 is 10.1 Å². The molecule has 3 aromatic rings. The number of hydrogen-bond donors (Lipinski definition) is 2. The van der Waals surface area contributed by atoms with Crippen molar-refractivity contribution < 1.29 is 14.3 Å².